The van der Waals surface area contributed by atoms with E-state index >= 15 is 0 Å². The van der Waals surface area contributed by atoms with Crippen LogP contribution in [0.15, 0.2) is 59.9 Å². The lowest BCUT2D eigenvalue weighted by atomic mass is 10.2. The molecule has 0 saturated heterocycles. The van der Waals surface area contributed by atoms with Crippen molar-refractivity contribution >= 4 is 16.9 Å². The van der Waals surface area contributed by atoms with E-state index in [1.54, 1.807) is 36.7 Å². The van der Waals surface area contributed by atoms with E-state index in [2.05, 4.69) is 42.2 Å². The number of rotatable bonds is 3. The van der Waals surface area contributed by atoms with E-state index in [9.17, 15) is 9.59 Å². The molecule has 1 fully saturated rings. The summed E-state index contributed by atoms with van der Waals surface area (Å²) in [5.41, 5.74) is 0.749. The SMILES string of the molecule is O=C(NC1CC1)c1nn(-c2nccc(C#Cc3cccnc3)n2)c2ncccc2c1=O. The zero-order chi connectivity index (χ0) is 21.2. The number of nitrogens with zero attached hydrogens (tertiary/aromatic N) is 6. The molecule has 1 aliphatic carbocycles. The highest BCUT2D eigenvalue weighted by atomic mass is 16.2. The number of aromatic nitrogens is 6. The minimum absolute atomic E-state index is 0.0917. The molecule has 4 aromatic heterocycles. The van der Waals surface area contributed by atoms with Crippen molar-refractivity contribution in [2.75, 3.05) is 0 Å². The van der Waals surface area contributed by atoms with Gasteiger partial charge in [0.2, 0.25) is 5.43 Å². The highest BCUT2D eigenvalue weighted by molar-refractivity contribution is 5.95. The third-order valence-corrected chi connectivity index (χ3v) is 4.60. The summed E-state index contributed by atoms with van der Waals surface area (Å²) < 4.78 is 1.30. The van der Waals surface area contributed by atoms with Gasteiger partial charge < -0.3 is 5.32 Å². The van der Waals surface area contributed by atoms with Crippen molar-refractivity contribution in [3.63, 3.8) is 0 Å². The Balaban J connectivity index is 1.61. The van der Waals surface area contributed by atoms with Crippen molar-refractivity contribution in [2.24, 2.45) is 0 Å². The number of nitrogens with one attached hydrogen (secondary N) is 1. The summed E-state index contributed by atoms with van der Waals surface area (Å²) in [5.74, 6) is 5.58. The summed E-state index contributed by atoms with van der Waals surface area (Å²) in [7, 11) is 0. The predicted octanol–water partition coefficient (Wildman–Crippen LogP) is 1.26. The maximum absolute atomic E-state index is 12.8. The Hall–Kier alpha value is -4.45. The van der Waals surface area contributed by atoms with Gasteiger partial charge in [0.05, 0.1) is 5.39 Å². The van der Waals surface area contributed by atoms with Crippen molar-refractivity contribution in [2.45, 2.75) is 18.9 Å². The van der Waals surface area contributed by atoms with Gasteiger partial charge in [0, 0.05) is 36.4 Å². The molecule has 0 aliphatic heterocycles. The molecule has 150 valence electrons. The Labute approximate surface area is 176 Å². The molecule has 9 heteroatoms. The van der Waals surface area contributed by atoms with Crippen LogP contribution < -0.4 is 10.7 Å². The molecule has 1 amide bonds. The first-order valence-electron chi connectivity index (χ1n) is 9.63. The quantitative estimate of drug-likeness (QED) is 0.507. The molecule has 1 saturated carbocycles. The third kappa shape index (κ3) is 3.86. The zero-order valence-corrected chi connectivity index (χ0v) is 16.2. The topological polar surface area (TPSA) is 116 Å². The van der Waals surface area contributed by atoms with E-state index in [1.807, 2.05) is 6.07 Å². The number of pyridine rings is 2. The van der Waals surface area contributed by atoms with Crippen LogP contribution in [0.2, 0.25) is 0 Å². The summed E-state index contributed by atoms with van der Waals surface area (Å²) in [5, 5.41) is 7.32. The second kappa shape index (κ2) is 7.76. The highest BCUT2D eigenvalue weighted by Crippen LogP contribution is 2.19. The number of fused-ring (bicyclic) bond motifs is 1. The maximum atomic E-state index is 12.8. The number of hydrogen-bond acceptors (Lipinski definition) is 7. The summed E-state index contributed by atoms with van der Waals surface area (Å²) in [4.78, 5) is 42.4. The molecule has 4 heterocycles. The highest BCUT2D eigenvalue weighted by Gasteiger charge is 2.27. The molecule has 9 nitrogen and oxygen atoms in total. The summed E-state index contributed by atoms with van der Waals surface area (Å²) in [6.45, 7) is 0. The van der Waals surface area contributed by atoms with Crippen LogP contribution in [0.25, 0.3) is 17.0 Å². The van der Waals surface area contributed by atoms with Gasteiger partial charge in [0.25, 0.3) is 11.9 Å². The maximum Gasteiger partial charge on any atom is 0.276 e. The Kier molecular flexibility index (Phi) is 4.65. The molecule has 0 spiro atoms. The normalized spacial score (nSPS) is 12.8. The first-order chi connectivity index (χ1) is 15.2. The number of carbonyl (C=O) groups excluding carboxylic acids is 1. The molecule has 0 aromatic carbocycles. The van der Waals surface area contributed by atoms with E-state index < -0.39 is 11.3 Å². The zero-order valence-electron chi connectivity index (χ0n) is 16.2. The smallest absolute Gasteiger partial charge is 0.276 e. The van der Waals surface area contributed by atoms with Gasteiger partial charge >= 0.3 is 0 Å². The van der Waals surface area contributed by atoms with Gasteiger partial charge in [-0.15, -0.1) is 0 Å². The van der Waals surface area contributed by atoms with Crippen molar-refractivity contribution < 1.29 is 4.79 Å². The van der Waals surface area contributed by atoms with Gasteiger partial charge in [0.15, 0.2) is 11.3 Å². The van der Waals surface area contributed by atoms with E-state index in [4.69, 9.17) is 0 Å². The van der Waals surface area contributed by atoms with Crippen LogP contribution in [-0.4, -0.2) is 41.7 Å². The Bertz CT molecular complexity index is 1420. The fraction of sp³-hybridized carbons (Fsp3) is 0.136. The number of amides is 1. The second-order valence-electron chi connectivity index (χ2n) is 6.95. The molecule has 31 heavy (non-hydrogen) atoms. The van der Waals surface area contributed by atoms with Crippen molar-refractivity contribution in [3.05, 3.63) is 82.3 Å². The standard InChI is InChI=1S/C22H15N7O2/c30-19-17-4-2-11-24-20(17)29(28-18(19)21(31)26-15-7-8-15)22-25-12-9-16(27-22)6-5-14-3-1-10-23-13-14/h1-4,9-13,15H,7-8H2,(H,26,31). The van der Waals surface area contributed by atoms with Gasteiger partial charge in [0.1, 0.15) is 5.69 Å². The molecule has 1 aliphatic rings. The molecular formula is C22H15N7O2. The summed E-state index contributed by atoms with van der Waals surface area (Å²) >= 11 is 0. The lowest BCUT2D eigenvalue weighted by Crippen LogP contribution is -2.33. The largest absolute Gasteiger partial charge is 0.348 e. The fourth-order valence-corrected chi connectivity index (χ4v) is 2.93. The van der Waals surface area contributed by atoms with Crippen LogP contribution in [0.3, 0.4) is 0 Å². The van der Waals surface area contributed by atoms with Crippen LogP contribution in [-0.2, 0) is 0 Å². The van der Waals surface area contributed by atoms with E-state index in [1.165, 1.54) is 17.1 Å². The van der Waals surface area contributed by atoms with E-state index in [0.717, 1.165) is 18.4 Å². The predicted molar refractivity (Wildman–Crippen MR) is 111 cm³/mol. The van der Waals surface area contributed by atoms with E-state index in [0.29, 0.717) is 5.69 Å². The van der Waals surface area contributed by atoms with Crippen LogP contribution in [0, 0.1) is 11.8 Å². The molecule has 0 unspecified atom stereocenters. The minimum atomic E-state index is -0.514. The Morgan fingerprint density at radius 3 is 2.74 bits per heavy atom. The van der Waals surface area contributed by atoms with Crippen molar-refractivity contribution in [1.82, 2.24) is 35.0 Å². The van der Waals surface area contributed by atoms with Crippen LogP contribution in [0.1, 0.15) is 34.6 Å². The fourth-order valence-electron chi connectivity index (χ4n) is 2.93. The summed E-state index contributed by atoms with van der Waals surface area (Å²) in [6.07, 6.45) is 8.20. The molecule has 1 N–H and O–H groups in total. The number of carbonyl (C=O) groups is 1. The summed E-state index contributed by atoms with van der Waals surface area (Å²) in [6, 6.07) is 8.62. The van der Waals surface area contributed by atoms with Gasteiger partial charge in [-0.1, -0.05) is 5.92 Å². The van der Waals surface area contributed by atoms with Crippen LogP contribution in [0.5, 0.6) is 0 Å². The average Bonchev–Trinajstić information content (AvgIpc) is 3.63. The molecule has 0 radical (unpaired) electrons. The molecular weight excluding hydrogens is 394 g/mol. The van der Waals surface area contributed by atoms with Crippen molar-refractivity contribution in [1.29, 1.82) is 0 Å². The third-order valence-electron chi connectivity index (χ3n) is 4.60. The first kappa shape index (κ1) is 18.6. The molecule has 0 atom stereocenters. The molecule has 4 aromatic rings. The van der Waals surface area contributed by atoms with E-state index in [-0.39, 0.29) is 28.7 Å². The van der Waals surface area contributed by atoms with Crippen LogP contribution >= 0.6 is 0 Å². The van der Waals surface area contributed by atoms with Crippen molar-refractivity contribution in [3.8, 4) is 17.8 Å². The average molecular weight is 409 g/mol. The monoisotopic (exact) mass is 409 g/mol. The number of hydrogen-bond donors (Lipinski definition) is 1. The lowest BCUT2D eigenvalue weighted by Gasteiger charge is -2.10. The van der Waals surface area contributed by atoms with Gasteiger partial charge in [-0.2, -0.15) is 9.78 Å². The minimum Gasteiger partial charge on any atom is -0.348 e. The molecule has 5 rings (SSSR count). The first-order valence-corrected chi connectivity index (χ1v) is 9.63. The van der Waals surface area contributed by atoms with Gasteiger partial charge in [-0.3, -0.25) is 14.6 Å². The lowest BCUT2D eigenvalue weighted by molar-refractivity contribution is 0.0943. The second-order valence-corrected chi connectivity index (χ2v) is 6.95. The van der Waals surface area contributed by atoms with Gasteiger partial charge in [-0.25, -0.2) is 15.0 Å². The Morgan fingerprint density at radius 1 is 1.06 bits per heavy atom. The molecule has 0 bridgehead atoms. The van der Waals surface area contributed by atoms with Crippen LogP contribution in [0.4, 0.5) is 0 Å². The Morgan fingerprint density at radius 2 is 1.94 bits per heavy atom. The van der Waals surface area contributed by atoms with Gasteiger partial charge in [-0.05, 0) is 49.1 Å².